The summed E-state index contributed by atoms with van der Waals surface area (Å²) in [5.41, 5.74) is -0.487. The Morgan fingerprint density at radius 2 is 1.07 bits per heavy atom. The summed E-state index contributed by atoms with van der Waals surface area (Å²) in [5.74, 6) is 3.56. The fraction of sp³-hybridized carbons (Fsp3) is 0.500. The summed E-state index contributed by atoms with van der Waals surface area (Å²) in [6.07, 6.45) is 2.18. The Morgan fingerprint density at radius 1 is 0.724 bits per heavy atom. The number of hydrogen-bond acceptors (Lipinski definition) is 3. The molecule has 0 saturated carbocycles. The summed E-state index contributed by atoms with van der Waals surface area (Å²) < 4.78 is 12.4. The van der Waals surface area contributed by atoms with Gasteiger partial charge in [-0.2, -0.15) is 0 Å². The van der Waals surface area contributed by atoms with Crippen LogP contribution in [-0.2, 0) is 11.8 Å². The average molecular weight is 451 g/mol. The van der Waals surface area contributed by atoms with Gasteiger partial charge in [-0.15, -0.1) is 0 Å². The molecule has 0 N–H and O–H groups in total. The standard InChI is InChI=1S/C24H35O2PS2/c1-17(2)15-19(5)21-11-7-9-13-23(21)25-27(28,29)26-24-14-10-8-12-22(24)20(6)16-18(3)4/h7-14,17-20H,15-16H2,1-6H3,(H,28,29). The first-order chi connectivity index (χ1) is 13.6. The molecule has 2 aromatic rings. The lowest BCUT2D eigenvalue weighted by Crippen LogP contribution is -2.05. The monoisotopic (exact) mass is 450 g/mol. The molecule has 0 radical (unpaired) electrons. The second-order valence-corrected chi connectivity index (χ2v) is 13.9. The Morgan fingerprint density at radius 3 is 1.41 bits per heavy atom. The van der Waals surface area contributed by atoms with E-state index in [0.29, 0.717) is 23.7 Å². The van der Waals surface area contributed by atoms with Gasteiger partial charge >= 0.3 is 5.69 Å². The van der Waals surface area contributed by atoms with Crippen molar-refractivity contribution in [3.8, 4) is 11.5 Å². The van der Waals surface area contributed by atoms with Crippen LogP contribution in [0.1, 0.15) is 77.3 Å². The first-order valence-corrected chi connectivity index (χ1v) is 14.3. The normalized spacial score (nSPS) is 15.8. The molecule has 0 amide bonds. The third kappa shape index (κ3) is 7.66. The molecular formula is C24H35O2PS2. The minimum atomic E-state index is -2.81. The molecule has 0 aliphatic rings. The van der Waals surface area contributed by atoms with Crippen molar-refractivity contribution < 1.29 is 9.05 Å². The van der Waals surface area contributed by atoms with E-state index in [1.165, 1.54) is 0 Å². The first-order valence-electron chi connectivity index (χ1n) is 10.5. The van der Waals surface area contributed by atoms with E-state index >= 15 is 0 Å². The van der Waals surface area contributed by atoms with Gasteiger partial charge in [0.05, 0.1) is 0 Å². The van der Waals surface area contributed by atoms with Gasteiger partial charge in [0.2, 0.25) is 0 Å². The van der Waals surface area contributed by atoms with E-state index in [-0.39, 0.29) is 0 Å². The number of para-hydroxylation sites is 2. The summed E-state index contributed by atoms with van der Waals surface area (Å²) in [6.45, 7) is 13.4. The van der Waals surface area contributed by atoms with Gasteiger partial charge < -0.3 is 9.05 Å². The molecule has 2 nitrogen and oxygen atoms in total. The maximum atomic E-state index is 6.22. The van der Waals surface area contributed by atoms with Crippen LogP contribution in [0.2, 0.25) is 0 Å². The Balaban J connectivity index is 2.23. The summed E-state index contributed by atoms with van der Waals surface area (Å²) in [7, 11) is 0. The highest BCUT2D eigenvalue weighted by atomic mass is 32.9. The first kappa shape index (κ1) is 24.3. The molecule has 2 rings (SSSR count). The van der Waals surface area contributed by atoms with Crippen LogP contribution in [0.3, 0.4) is 0 Å². The Hall–Kier alpha value is -0.960. The smallest absolute Gasteiger partial charge is 0.345 e. The highest BCUT2D eigenvalue weighted by Gasteiger charge is 2.23. The van der Waals surface area contributed by atoms with Gasteiger partial charge in [0.1, 0.15) is 11.5 Å². The van der Waals surface area contributed by atoms with Crippen molar-refractivity contribution in [3.63, 3.8) is 0 Å². The molecule has 0 aliphatic carbocycles. The number of rotatable bonds is 10. The quantitative estimate of drug-likeness (QED) is 0.289. The van der Waals surface area contributed by atoms with Crippen molar-refractivity contribution in [2.75, 3.05) is 0 Å². The minimum Gasteiger partial charge on any atom is -0.428 e. The van der Waals surface area contributed by atoms with Crippen LogP contribution in [-0.4, -0.2) is 0 Å². The molecule has 160 valence electrons. The van der Waals surface area contributed by atoms with Crippen molar-refractivity contribution >= 4 is 29.7 Å². The lowest BCUT2D eigenvalue weighted by atomic mass is 9.91. The molecule has 0 saturated heterocycles. The van der Waals surface area contributed by atoms with Crippen LogP contribution >= 0.6 is 17.9 Å². The number of hydrogen-bond donors (Lipinski definition) is 1. The SMILES string of the molecule is CC(C)CC(C)c1ccccc1OP(=S)(S)Oc1ccccc1C(C)CC(C)C. The van der Waals surface area contributed by atoms with Crippen LogP contribution in [0.4, 0.5) is 0 Å². The molecule has 0 fully saturated rings. The topological polar surface area (TPSA) is 18.5 Å². The summed E-state index contributed by atoms with van der Waals surface area (Å²) in [4.78, 5) is 0. The molecule has 2 aromatic carbocycles. The fourth-order valence-electron chi connectivity index (χ4n) is 3.88. The molecule has 0 aliphatic heterocycles. The molecule has 0 bridgehead atoms. The van der Waals surface area contributed by atoms with E-state index in [2.05, 4.69) is 65.9 Å². The van der Waals surface area contributed by atoms with Crippen LogP contribution < -0.4 is 9.05 Å². The van der Waals surface area contributed by atoms with E-state index in [9.17, 15) is 0 Å². The van der Waals surface area contributed by atoms with E-state index < -0.39 is 5.69 Å². The van der Waals surface area contributed by atoms with Crippen LogP contribution in [0.25, 0.3) is 0 Å². The van der Waals surface area contributed by atoms with Gasteiger partial charge in [-0.25, -0.2) is 0 Å². The van der Waals surface area contributed by atoms with Gasteiger partial charge in [-0.05, 0) is 71.6 Å². The number of benzene rings is 2. The van der Waals surface area contributed by atoms with Crippen molar-refractivity contribution in [2.24, 2.45) is 11.8 Å². The molecule has 0 heterocycles. The minimum absolute atomic E-state index is 0.382. The van der Waals surface area contributed by atoms with Gasteiger partial charge in [0, 0.05) is 0 Å². The summed E-state index contributed by atoms with van der Waals surface area (Å²) in [6, 6.07) is 16.2. The van der Waals surface area contributed by atoms with Crippen molar-refractivity contribution in [2.45, 2.75) is 66.2 Å². The predicted molar refractivity (Wildman–Crippen MR) is 133 cm³/mol. The van der Waals surface area contributed by atoms with Crippen LogP contribution in [0.15, 0.2) is 48.5 Å². The zero-order chi connectivity index (χ0) is 21.6. The predicted octanol–water partition coefficient (Wildman–Crippen LogP) is 8.60. The van der Waals surface area contributed by atoms with Gasteiger partial charge in [0.25, 0.3) is 0 Å². The van der Waals surface area contributed by atoms with Gasteiger partial charge in [-0.3, -0.25) is 0 Å². The van der Waals surface area contributed by atoms with E-state index in [0.717, 1.165) is 35.5 Å². The average Bonchev–Trinajstić information content (AvgIpc) is 2.60. The molecule has 0 spiro atoms. The highest BCUT2D eigenvalue weighted by molar-refractivity contribution is 8.60. The van der Waals surface area contributed by atoms with Crippen molar-refractivity contribution in [1.29, 1.82) is 0 Å². The Bertz CT molecular complexity index is 770. The molecule has 2 unspecified atom stereocenters. The molecule has 5 heteroatoms. The highest BCUT2D eigenvalue weighted by Crippen LogP contribution is 2.55. The molecular weight excluding hydrogens is 415 g/mol. The summed E-state index contributed by atoms with van der Waals surface area (Å²) >= 11 is 10.4. The van der Waals surface area contributed by atoms with Gasteiger partial charge in [-0.1, -0.05) is 90.2 Å². The lowest BCUT2D eigenvalue weighted by Gasteiger charge is -2.25. The third-order valence-corrected chi connectivity index (χ3v) is 6.77. The molecule has 2 atom stereocenters. The van der Waals surface area contributed by atoms with Crippen LogP contribution in [0.5, 0.6) is 11.5 Å². The van der Waals surface area contributed by atoms with Gasteiger partial charge in [0.15, 0.2) is 0 Å². The van der Waals surface area contributed by atoms with E-state index in [4.69, 9.17) is 20.9 Å². The van der Waals surface area contributed by atoms with Crippen molar-refractivity contribution in [3.05, 3.63) is 59.7 Å². The number of thiol groups is 1. The van der Waals surface area contributed by atoms with Crippen LogP contribution in [0, 0.1) is 11.8 Å². The maximum absolute atomic E-state index is 6.22. The molecule has 0 aromatic heterocycles. The Kier molecular flexibility index (Phi) is 9.13. The third-order valence-electron chi connectivity index (χ3n) is 4.98. The Labute approximate surface area is 187 Å². The fourth-order valence-corrected chi connectivity index (χ4v) is 5.75. The van der Waals surface area contributed by atoms with Crippen molar-refractivity contribution in [1.82, 2.24) is 0 Å². The largest absolute Gasteiger partial charge is 0.428 e. The lowest BCUT2D eigenvalue weighted by molar-refractivity contribution is 0.472. The zero-order valence-electron chi connectivity index (χ0n) is 18.5. The van der Waals surface area contributed by atoms with E-state index in [1.54, 1.807) is 0 Å². The zero-order valence-corrected chi connectivity index (χ0v) is 21.1. The second kappa shape index (κ2) is 10.9. The van der Waals surface area contributed by atoms with E-state index in [1.807, 2.05) is 36.4 Å². The molecule has 29 heavy (non-hydrogen) atoms. The second-order valence-electron chi connectivity index (χ2n) is 8.79. The maximum Gasteiger partial charge on any atom is 0.345 e. The summed E-state index contributed by atoms with van der Waals surface area (Å²) in [5, 5.41) is 0.